The van der Waals surface area contributed by atoms with E-state index in [0.717, 1.165) is 11.1 Å². The predicted octanol–water partition coefficient (Wildman–Crippen LogP) is 3.45. The molecule has 3 rings (SSSR count). The lowest BCUT2D eigenvalue weighted by molar-refractivity contribution is -0.384. The molecule has 0 aliphatic carbocycles. The van der Waals surface area contributed by atoms with Gasteiger partial charge in [-0.3, -0.25) is 19.7 Å². The Morgan fingerprint density at radius 1 is 1.10 bits per heavy atom. The summed E-state index contributed by atoms with van der Waals surface area (Å²) in [7, 11) is 0. The molecule has 0 spiro atoms. The van der Waals surface area contributed by atoms with Gasteiger partial charge in [-0.15, -0.1) is 0 Å². The molecule has 164 valence electrons. The van der Waals surface area contributed by atoms with Gasteiger partial charge in [0.05, 0.1) is 11.0 Å². The van der Waals surface area contributed by atoms with Gasteiger partial charge in [0.15, 0.2) is 0 Å². The highest BCUT2D eigenvalue weighted by Gasteiger charge is 2.26. The Kier molecular flexibility index (Phi) is 6.89. The van der Waals surface area contributed by atoms with Gasteiger partial charge in [-0.1, -0.05) is 36.8 Å². The molecule has 1 aliphatic heterocycles. The largest absolute Gasteiger partial charge is 0.362 e. The van der Waals surface area contributed by atoms with Crippen LogP contribution in [0.3, 0.4) is 0 Å². The third-order valence-corrected chi connectivity index (χ3v) is 5.69. The van der Waals surface area contributed by atoms with E-state index in [9.17, 15) is 19.7 Å². The van der Waals surface area contributed by atoms with Crippen LogP contribution in [0.4, 0.5) is 11.4 Å². The van der Waals surface area contributed by atoms with Crippen LogP contribution in [0, 0.1) is 17.0 Å². The topological polar surface area (TPSA) is 95.8 Å². The Bertz CT molecular complexity index is 966. The van der Waals surface area contributed by atoms with Crippen molar-refractivity contribution in [3.8, 4) is 0 Å². The van der Waals surface area contributed by atoms with E-state index in [4.69, 9.17) is 0 Å². The van der Waals surface area contributed by atoms with Crippen molar-refractivity contribution in [1.29, 1.82) is 0 Å². The molecule has 2 aromatic rings. The summed E-state index contributed by atoms with van der Waals surface area (Å²) in [5.41, 5.74) is 2.75. The number of hydrogen-bond donors (Lipinski definition) is 1. The summed E-state index contributed by atoms with van der Waals surface area (Å²) in [5, 5.41) is 14.7. The third kappa shape index (κ3) is 5.20. The molecule has 1 atom stereocenters. The summed E-state index contributed by atoms with van der Waals surface area (Å²) in [6.45, 7) is 7.56. The molecule has 0 radical (unpaired) electrons. The molecule has 8 nitrogen and oxygen atoms in total. The van der Waals surface area contributed by atoms with E-state index in [0.29, 0.717) is 38.3 Å². The molecular formula is C23H28N4O4. The SMILES string of the molecule is CC[C@H](NC(=O)c1ccc(N2CCN(C(C)=O)CC2)c([N+](=O)[O-])c1)c1ccc(C)cc1. The number of nitro benzene ring substituents is 1. The van der Waals surface area contributed by atoms with Crippen LogP contribution >= 0.6 is 0 Å². The minimum absolute atomic E-state index is 0.000207. The average molecular weight is 425 g/mol. The van der Waals surface area contributed by atoms with Gasteiger partial charge in [-0.2, -0.15) is 0 Å². The first kappa shape index (κ1) is 22.3. The van der Waals surface area contributed by atoms with E-state index in [-0.39, 0.29) is 29.1 Å². The fourth-order valence-corrected chi connectivity index (χ4v) is 3.80. The Balaban J connectivity index is 1.78. The normalized spacial score (nSPS) is 14.8. The number of amides is 2. The van der Waals surface area contributed by atoms with Gasteiger partial charge in [-0.25, -0.2) is 0 Å². The maximum atomic E-state index is 12.8. The molecule has 0 aromatic heterocycles. The number of piperazine rings is 1. The number of carbonyl (C=O) groups is 2. The molecule has 1 aliphatic rings. The van der Waals surface area contributed by atoms with Crippen LogP contribution in [0.1, 0.15) is 47.8 Å². The second-order valence-electron chi connectivity index (χ2n) is 7.80. The van der Waals surface area contributed by atoms with Crippen LogP contribution in [0.25, 0.3) is 0 Å². The molecule has 2 amide bonds. The van der Waals surface area contributed by atoms with E-state index >= 15 is 0 Å². The lowest BCUT2D eigenvalue weighted by atomic mass is 10.0. The third-order valence-electron chi connectivity index (χ3n) is 5.69. The van der Waals surface area contributed by atoms with Crippen molar-refractivity contribution in [3.63, 3.8) is 0 Å². The van der Waals surface area contributed by atoms with Crippen molar-refractivity contribution in [2.24, 2.45) is 0 Å². The van der Waals surface area contributed by atoms with Gasteiger partial charge in [0.25, 0.3) is 11.6 Å². The predicted molar refractivity (Wildman–Crippen MR) is 119 cm³/mol. The molecule has 8 heteroatoms. The zero-order valence-corrected chi connectivity index (χ0v) is 18.1. The van der Waals surface area contributed by atoms with Crippen molar-refractivity contribution < 1.29 is 14.5 Å². The average Bonchev–Trinajstić information content (AvgIpc) is 2.77. The van der Waals surface area contributed by atoms with Gasteiger partial charge < -0.3 is 15.1 Å². The van der Waals surface area contributed by atoms with E-state index in [1.807, 2.05) is 43.0 Å². The number of nitrogens with zero attached hydrogens (tertiary/aromatic N) is 3. The van der Waals surface area contributed by atoms with Gasteiger partial charge in [0.1, 0.15) is 5.69 Å². The minimum atomic E-state index is -0.458. The van der Waals surface area contributed by atoms with Crippen LogP contribution in [-0.2, 0) is 4.79 Å². The number of nitro groups is 1. The molecular weight excluding hydrogens is 396 g/mol. The summed E-state index contributed by atoms with van der Waals surface area (Å²) in [5.74, 6) is -0.344. The summed E-state index contributed by atoms with van der Waals surface area (Å²) < 4.78 is 0. The first-order valence-corrected chi connectivity index (χ1v) is 10.5. The summed E-state index contributed by atoms with van der Waals surface area (Å²) in [6.07, 6.45) is 0.704. The molecule has 2 aromatic carbocycles. The van der Waals surface area contributed by atoms with Crippen molar-refractivity contribution in [3.05, 3.63) is 69.3 Å². The smallest absolute Gasteiger partial charge is 0.293 e. The monoisotopic (exact) mass is 424 g/mol. The zero-order valence-electron chi connectivity index (χ0n) is 18.1. The number of benzene rings is 2. The summed E-state index contributed by atoms with van der Waals surface area (Å²) in [6, 6.07) is 12.4. The standard InChI is InChI=1S/C23H28N4O4/c1-4-20(18-7-5-16(2)6-8-18)24-23(29)19-9-10-21(22(15-19)27(30)31)26-13-11-25(12-14-26)17(3)28/h5-10,15,20H,4,11-14H2,1-3H3,(H,24,29)/t20-/m0/s1. The Morgan fingerprint density at radius 2 is 1.74 bits per heavy atom. The first-order chi connectivity index (χ1) is 14.8. The molecule has 0 saturated carbocycles. The van der Waals surface area contributed by atoms with Crippen molar-refractivity contribution in [1.82, 2.24) is 10.2 Å². The second-order valence-corrected chi connectivity index (χ2v) is 7.80. The summed E-state index contributed by atoms with van der Waals surface area (Å²) in [4.78, 5) is 39.2. The highest BCUT2D eigenvalue weighted by Crippen LogP contribution is 2.30. The van der Waals surface area contributed by atoms with Crippen LogP contribution < -0.4 is 10.2 Å². The number of anilines is 1. The van der Waals surface area contributed by atoms with Crippen LogP contribution in [0.2, 0.25) is 0 Å². The molecule has 1 saturated heterocycles. The summed E-state index contributed by atoms with van der Waals surface area (Å²) >= 11 is 0. The van der Waals surface area contributed by atoms with Gasteiger partial charge in [-0.05, 0) is 31.0 Å². The van der Waals surface area contributed by atoms with E-state index in [1.54, 1.807) is 17.0 Å². The van der Waals surface area contributed by atoms with E-state index in [1.165, 1.54) is 13.0 Å². The molecule has 1 fully saturated rings. The first-order valence-electron chi connectivity index (χ1n) is 10.5. The van der Waals surface area contributed by atoms with Gasteiger partial charge in [0, 0.05) is 44.7 Å². The number of rotatable bonds is 6. The van der Waals surface area contributed by atoms with Gasteiger partial charge in [0.2, 0.25) is 5.91 Å². The Hall–Kier alpha value is -3.42. The molecule has 0 bridgehead atoms. The van der Waals surface area contributed by atoms with Crippen molar-refractivity contribution >= 4 is 23.2 Å². The number of carbonyl (C=O) groups excluding carboxylic acids is 2. The fourth-order valence-electron chi connectivity index (χ4n) is 3.80. The van der Waals surface area contributed by atoms with Gasteiger partial charge >= 0.3 is 0 Å². The second kappa shape index (κ2) is 9.59. The fraction of sp³-hybridized carbons (Fsp3) is 0.391. The lowest BCUT2D eigenvalue weighted by Crippen LogP contribution is -2.48. The maximum absolute atomic E-state index is 12.8. The highest BCUT2D eigenvalue weighted by atomic mass is 16.6. The lowest BCUT2D eigenvalue weighted by Gasteiger charge is -2.35. The minimum Gasteiger partial charge on any atom is -0.362 e. The highest BCUT2D eigenvalue weighted by molar-refractivity contribution is 5.96. The van der Waals surface area contributed by atoms with Crippen LogP contribution in [0.15, 0.2) is 42.5 Å². The van der Waals surface area contributed by atoms with Crippen LogP contribution in [0.5, 0.6) is 0 Å². The Morgan fingerprint density at radius 3 is 2.29 bits per heavy atom. The van der Waals surface area contributed by atoms with E-state index in [2.05, 4.69) is 5.32 Å². The number of hydrogen-bond acceptors (Lipinski definition) is 5. The van der Waals surface area contributed by atoms with Crippen molar-refractivity contribution in [2.75, 3.05) is 31.1 Å². The molecule has 1 N–H and O–H groups in total. The number of nitrogens with one attached hydrogen (secondary N) is 1. The molecule has 31 heavy (non-hydrogen) atoms. The zero-order chi connectivity index (χ0) is 22.5. The Labute approximate surface area is 182 Å². The van der Waals surface area contributed by atoms with Crippen LogP contribution in [-0.4, -0.2) is 47.8 Å². The van der Waals surface area contributed by atoms with E-state index < -0.39 is 4.92 Å². The maximum Gasteiger partial charge on any atom is 0.293 e. The molecule has 0 unspecified atom stereocenters. The van der Waals surface area contributed by atoms with Crippen molar-refractivity contribution in [2.45, 2.75) is 33.2 Å². The quantitative estimate of drug-likeness (QED) is 0.566. The molecule has 1 heterocycles. The number of aryl methyl sites for hydroxylation is 1.